The van der Waals surface area contributed by atoms with Crippen LogP contribution in [0, 0.1) is 23.1 Å². The molecule has 3 aromatic carbocycles. The zero-order valence-electron chi connectivity index (χ0n) is 16.9. The van der Waals surface area contributed by atoms with Crippen molar-refractivity contribution in [3.63, 3.8) is 0 Å². The fourth-order valence-electron chi connectivity index (χ4n) is 3.79. The summed E-state index contributed by atoms with van der Waals surface area (Å²) in [6.45, 7) is 1.78. The zero-order chi connectivity index (χ0) is 20.9. The van der Waals surface area contributed by atoms with Gasteiger partial charge in [0.15, 0.2) is 6.29 Å². The average Bonchev–Trinajstić information content (AvgIpc) is 2.79. The number of nitrogens with zero attached hydrogens (tertiary/aromatic N) is 1. The van der Waals surface area contributed by atoms with Crippen LogP contribution in [0.2, 0.25) is 0 Å². The van der Waals surface area contributed by atoms with Crippen LogP contribution >= 0.6 is 0 Å². The average molecular weight is 405 g/mol. The van der Waals surface area contributed by atoms with Gasteiger partial charge in [-0.15, -0.1) is 0 Å². The number of hydrogen-bond acceptors (Lipinski definition) is 4. The highest BCUT2D eigenvalue weighted by atomic mass is 19.1. The van der Waals surface area contributed by atoms with Gasteiger partial charge in [0, 0.05) is 24.0 Å². The largest absolute Gasteiger partial charge is 0.384 e. The van der Waals surface area contributed by atoms with Crippen molar-refractivity contribution >= 4 is 10.8 Å². The summed E-state index contributed by atoms with van der Waals surface area (Å²) in [6.07, 6.45) is 0.894. The van der Waals surface area contributed by atoms with E-state index >= 15 is 4.39 Å². The van der Waals surface area contributed by atoms with E-state index in [4.69, 9.17) is 19.5 Å². The molecule has 0 bridgehead atoms. The van der Waals surface area contributed by atoms with Crippen molar-refractivity contribution in [3.8, 4) is 6.07 Å². The van der Waals surface area contributed by atoms with Gasteiger partial charge in [0.1, 0.15) is 5.82 Å². The van der Waals surface area contributed by atoms with Crippen molar-refractivity contribution in [2.24, 2.45) is 5.92 Å². The van der Waals surface area contributed by atoms with Crippen LogP contribution in [0.15, 0.2) is 54.6 Å². The first-order valence-electron chi connectivity index (χ1n) is 10.1. The minimum atomic E-state index is -0.429. The molecule has 5 heteroatoms. The molecule has 0 N–H and O–H groups in total. The second kappa shape index (κ2) is 9.36. The van der Waals surface area contributed by atoms with Crippen LogP contribution < -0.4 is 0 Å². The van der Waals surface area contributed by atoms with Crippen LogP contribution in [-0.2, 0) is 27.1 Å². The van der Waals surface area contributed by atoms with Crippen LogP contribution in [0.4, 0.5) is 4.39 Å². The molecule has 30 heavy (non-hydrogen) atoms. The molecule has 1 saturated heterocycles. The van der Waals surface area contributed by atoms with Crippen molar-refractivity contribution in [3.05, 3.63) is 82.7 Å². The number of fused-ring (bicyclic) bond motifs is 1. The smallest absolute Gasteiger partial charge is 0.183 e. The van der Waals surface area contributed by atoms with E-state index in [2.05, 4.69) is 6.07 Å². The Bertz CT molecular complexity index is 1050. The first-order valence-corrected chi connectivity index (χ1v) is 10.1. The summed E-state index contributed by atoms with van der Waals surface area (Å²) in [5.74, 6) is 0.0566. The maximum Gasteiger partial charge on any atom is 0.183 e. The molecule has 4 rings (SSSR count). The molecule has 1 heterocycles. The van der Waals surface area contributed by atoms with Gasteiger partial charge in [-0.05, 0) is 47.6 Å². The van der Waals surface area contributed by atoms with Crippen molar-refractivity contribution in [1.82, 2.24) is 0 Å². The summed E-state index contributed by atoms with van der Waals surface area (Å²) >= 11 is 0. The minimum absolute atomic E-state index is 0.182. The van der Waals surface area contributed by atoms with Crippen LogP contribution in [0.5, 0.6) is 0 Å². The van der Waals surface area contributed by atoms with Crippen LogP contribution in [-0.4, -0.2) is 26.9 Å². The molecular weight excluding hydrogens is 381 g/mol. The summed E-state index contributed by atoms with van der Waals surface area (Å²) in [6, 6.07) is 18.9. The zero-order valence-corrected chi connectivity index (χ0v) is 16.9. The number of nitriles is 1. The van der Waals surface area contributed by atoms with E-state index in [1.807, 2.05) is 36.4 Å². The highest BCUT2D eigenvalue weighted by molar-refractivity contribution is 5.84. The maximum absolute atomic E-state index is 15.1. The lowest BCUT2D eigenvalue weighted by atomic mass is 9.98. The van der Waals surface area contributed by atoms with Crippen molar-refractivity contribution in [2.45, 2.75) is 19.1 Å². The van der Waals surface area contributed by atoms with Crippen molar-refractivity contribution in [1.29, 1.82) is 5.26 Å². The number of methoxy groups -OCH3 is 1. The third-order valence-corrected chi connectivity index (χ3v) is 5.47. The molecule has 0 radical (unpaired) electrons. The summed E-state index contributed by atoms with van der Waals surface area (Å²) in [5.41, 5.74) is 3.30. The number of hydrogen-bond donors (Lipinski definition) is 0. The van der Waals surface area contributed by atoms with E-state index in [1.165, 1.54) is 0 Å². The van der Waals surface area contributed by atoms with Crippen LogP contribution in [0.3, 0.4) is 0 Å². The number of rotatable bonds is 6. The third-order valence-electron chi connectivity index (χ3n) is 5.47. The molecule has 0 spiro atoms. The van der Waals surface area contributed by atoms with E-state index < -0.39 is 6.29 Å². The standard InChI is InChI=1S/C25H24FNO3/c1-28-14-19-15-29-25(30-16-19)22-10-11-23-21(12-22)9-8-20(24(23)26)7-6-17-2-4-18(13-27)5-3-17/h2-5,8-12,19,25H,6-7,14-16H2,1H3. The predicted octanol–water partition coefficient (Wildman–Crippen LogP) is 4.94. The molecule has 0 aromatic heterocycles. The lowest BCUT2D eigenvalue weighted by Crippen LogP contribution is -2.29. The minimum Gasteiger partial charge on any atom is -0.384 e. The first-order chi connectivity index (χ1) is 14.7. The van der Waals surface area contributed by atoms with Gasteiger partial charge in [-0.2, -0.15) is 5.26 Å². The fraction of sp³-hybridized carbons (Fsp3) is 0.320. The topological polar surface area (TPSA) is 51.5 Å². The molecule has 0 amide bonds. The van der Waals surface area contributed by atoms with Crippen LogP contribution in [0.25, 0.3) is 10.8 Å². The van der Waals surface area contributed by atoms with Gasteiger partial charge < -0.3 is 14.2 Å². The molecule has 1 fully saturated rings. The Morgan fingerprint density at radius 1 is 1.03 bits per heavy atom. The van der Waals surface area contributed by atoms with Gasteiger partial charge in [-0.3, -0.25) is 0 Å². The van der Waals surface area contributed by atoms with E-state index in [0.717, 1.165) is 22.9 Å². The number of halogens is 1. The number of benzene rings is 3. The van der Waals surface area contributed by atoms with E-state index in [0.29, 0.717) is 42.8 Å². The number of ether oxygens (including phenoxy) is 3. The predicted molar refractivity (Wildman–Crippen MR) is 112 cm³/mol. The van der Waals surface area contributed by atoms with Gasteiger partial charge in [-0.1, -0.05) is 36.4 Å². The number of aryl methyl sites for hydroxylation is 2. The first kappa shape index (κ1) is 20.5. The highest BCUT2D eigenvalue weighted by Crippen LogP contribution is 2.30. The van der Waals surface area contributed by atoms with Crippen LogP contribution in [0.1, 0.15) is 28.5 Å². The Hall–Kier alpha value is -2.78. The Balaban J connectivity index is 1.46. The SMILES string of the molecule is COCC1COC(c2ccc3c(F)c(CCc4ccc(C#N)cc4)ccc3c2)OC1. The third kappa shape index (κ3) is 4.52. The van der Waals surface area contributed by atoms with Gasteiger partial charge in [0.25, 0.3) is 0 Å². The normalized spacial score (nSPS) is 19.0. The molecule has 3 aromatic rings. The molecular formula is C25H24FNO3. The quantitative estimate of drug-likeness (QED) is 0.583. The summed E-state index contributed by atoms with van der Waals surface area (Å²) in [4.78, 5) is 0. The van der Waals surface area contributed by atoms with Gasteiger partial charge in [-0.25, -0.2) is 4.39 Å². The van der Waals surface area contributed by atoms with Crippen molar-refractivity contribution < 1.29 is 18.6 Å². The van der Waals surface area contributed by atoms with E-state index in [1.54, 1.807) is 25.3 Å². The Morgan fingerprint density at radius 2 is 1.80 bits per heavy atom. The molecule has 1 aliphatic rings. The highest BCUT2D eigenvalue weighted by Gasteiger charge is 2.24. The Morgan fingerprint density at radius 3 is 2.50 bits per heavy atom. The molecule has 4 nitrogen and oxygen atoms in total. The maximum atomic E-state index is 15.1. The van der Waals surface area contributed by atoms with Gasteiger partial charge in [0.05, 0.1) is 31.5 Å². The second-order valence-corrected chi connectivity index (χ2v) is 7.65. The Kier molecular flexibility index (Phi) is 6.39. The summed E-state index contributed by atoms with van der Waals surface area (Å²) < 4.78 is 31.9. The second-order valence-electron chi connectivity index (χ2n) is 7.65. The summed E-state index contributed by atoms with van der Waals surface area (Å²) in [5, 5.41) is 10.3. The molecule has 0 atom stereocenters. The molecule has 0 aliphatic carbocycles. The lowest BCUT2D eigenvalue weighted by Gasteiger charge is -2.29. The molecule has 1 aliphatic heterocycles. The fourth-order valence-corrected chi connectivity index (χ4v) is 3.79. The van der Waals surface area contributed by atoms with Gasteiger partial charge in [0.2, 0.25) is 0 Å². The Labute approximate surface area is 175 Å². The van der Waals surface area contributed by atoms with E-state index in [-0.39, 0.29) is 11.7 Å². The monoisotopic (exact) mass is 405 g/mol. The lowest BCUT2D eigenvalue weighted by molar-refractivity contribution is -0.210. The van der Waals surface area contributed by atoms with Gasteiger partial charge >= 0.3 is 0 Å². The van der Waals surface area contributed by atoms with Crippen molar-refractivity contribution in [2.75, 3.05) is 26.9 Å². The molecule has 0 saturated carbocycles. The van der Waals surface area contributed by atoms with E-state index in [9.17, 15) is 0 Å². The molecule has 154 valence electrons. The molecule has 0 unspecified atom stereocenters. The summed E-state index contributed by atoms with van der Waals surface area (Å²) in [7, 11) is 1.67.